The molecule has 23 heavy (non-hydrogen) atoms. The van der Waals surface area contributed by atoms with Gasteiger partial charge in [-0.05, 0) is 43.4 Å². The van der Waals surface area contributed by atoms with E-state index < -0.39 is 6.17 Å². The van der Waals surface area contributed by atoms with Gasteiger partial charge in [0.1, 0.15) is 22.7 Å². The van der Waals surface area contributed by atoms with Crippen molar-refractivity contribution in [1.29, 1.82) is 0 Å². The molecule has 1 aromatic carbocycles. The van der Waals surface area contributed by atoms with Crippen molar-refractivity contribution in [2.75, 3.05) is 12.4 Å². The molecule has 1 aliphatic heterocycles. The number of hydrogen-bond donors (Lipinski definition) is 3. The number of carbonyl (C=O) groups excluding carboxylic acids is 1. The van der Waals surface area contributed by atoms with Gasteiger partial charge in [0, 0.05) is 16.5 Å². The van der Waals surface area contributed by atoms with Crippen molar-refractivity contribution in [3.05, 3.63) is 39.8 Å². The lowest BCUT2D eigenvalue weighted by molar-refractivity contribution is 0.0935. The number of fused-ring (bicyclic) bond motifs is 3. The van der Waals surface area contributed by atoms with Gasteiger partial charge in [-0.25, -0.2) is 0 Å². The Bertz CT molecular complexity index is 784. The van der Waals surface area contributed by atoms with Crippen LogP contribution in [-0.4, -0.2) is 18.1 Å². The smallest absolute Gasteiger partial charge is 0.256 e. The topological polar surface area (TPSA) is 70.6 Å². The molecule has 0 bridgehead atoms. The lowest BCUT2D eigenvalue weighted by atomic mass is 9.94. The maximum atomic E-state index is 12.6. The van der Waals surface area contributed by atoms with Crippen molar-refractivity contribution in [2.24, 2.45) is 0 Å². The van der Waals surface area contributed by atoms with Crippen LogP contribution in [0.1, 0.15) is 45.4 Å². The maximum absolute atomic E-state index is 12.6. The fourth-order valence-electron chi connectivity index (χ4n) is 3.33. The van der Waals surface area contributed by atoms with Crippen LogP contribution in [0.15, 0.2) is 18.2 Å². The average molecular weight is 330 g/mol. The van der Waals surface area contributed by atoms with E-state index in [1.165, 1.54) is 16.9 Å². The van der Waals surface area contributed by atoms with Crippen LogP contribution in [0.5, 0.6) is 11.5 Å². The summed E-state index contributed by atoms with van der Waals surface area (Å²) in [5.41, 5.74) is 2.64. The number of phenolic OH excluding ortho intramolecular Hbond substituents is 1. The maximum Gasteiger partial charge on any atom is 0.256 e. The number of anilines is 1. The minimum atomic E-state index is -0.430. The van der Waals surface area contributed by atoms with Crippen LogP contribution < -0.4 is 15.4 Å². The van der Waals surface area contributed by atoms with Gasteiger partial charge in [-0.3, -0.25) is 4.79 Å². The molecule has 0 saturated heterocycles. The Labute approximate surface area is 138 Å². The SMILES string of the molecule is COc1ccc(C2NC(=O)c3c(sc4c3CCCC4)N2)c(O)c1. The Morgan fingerprint density at radius 2 is 2.09 bits per heavy atom. The molecule has 1 aliphatic carbocycles. The van der Waals surface area contributed by atoms with Crippen LogP contribution in [0.2, 0.25) is 0 Å². The Morgan fingerprint density at radius 3 is 2.87 bits per heavy atom. The van der Waals surface area contributed by atoms with Crippen molar-refractivity contribution < 1.29 is 14.6 Å². The number of amides is 1. The molecule has 0 radical (unpaired) electrons. The fourth-order valence-corrected chi connectivity index (χ4v) is 4.64. The summed E-state index contributed by atoms with van der Waals surface area (Å²) in [7, 11) is 1.55. The molecule has 2 aliphatic rings. The Kier molecular flexibility index (Phi) is 3.41. The minimum Gasteiger partial charge on any atom is -0.507 e. The summed E-state index contributed by atoms with van der Waals surface area (Å²) in [5.74, 6) is 0.631. The normalized spacial score (nSPS) is 19.3. The summed E-state index contributed by atoms with van der Waals surface area (Å²) in [6.45, 7) is 0. The van der Waals surface area contributed by atoms with E-state index in [-0.39, 0.29) is 11.7 Å². The third-order valence-electron chi connectivity index (χ3n) is 4.50. The van der Waals surface area contributed by atoms with Crippen LogP contribution >= 0.6 is 11.3 Å². The largest absolute Gasteiger partial charge is 0.507 e. The van der Waals surface area contributed by atoms with E-state index >= 15 is 0 Å². The van der Waals surface area contributed by atoms with E-state index in [0.29, 0.717) is 11.3 Å². The number of rotatable bonds is 2. The fraction of sp³-hybridized carbons (Fsp3) is 0.353. The molecule has 0 fully saturated rings. The Morgan fingerprint density at radius 1 is 1.26 bits per heavy atom. The number of methoxy groups -OCH3 is 1. The van der Waals surface area contributed by atoms with Crippen molar-refractivity contribution in [3.63, 3.8) is 0 Å². The molecular weight excluding hydrogens is 312 g/mol. The second kappa shape index (κ2) is 5.45. The third kappa shape index (κ3) is 2.34. The molecule has 120 valence electrons. The molecule has 1 atom stereocenters. The first kappa shape index (κ1) is 14.4. The van der Waals surface area contributed by atoms with E-state index in [9.17, 15) is 9.90 Å². The van der Waals surface area contributed by atoms with Crippen LogP contribution in [0.4, 0.5) is 5.00 Å². The summed E-state index contributed by atoms with van der Waals surface area (Å²) in [4.78, 5) is 13.9. The van der Waals surface area contributed by atoms with Crippen LogP contribution in [0.3, 0.4) is 0 Å². The summed E-state index contributed by atoms with van der Waals surface area (Å²) < 4.78 is 5.10. The van der Waals surface area contributed by atoms with E-state index in [4.69, 9.17) is 4.74 Å². The highest BCUT2D eigenvalue weighted by molar-refractivity contribution is 7.16. The van der Waals surface area contributed by atoms with E-state index in [0.717, 1.165) is 29.8 Å². The highest BCUT2D eigenvalue weighted by atomic mass is 32.1. The quantitative estimate of drug-likeness (QED) is 0.791. The van der Waals surface area contributed by atoms with Gasteiger partial charge in [0.15, 0.2) is 0 Å². The number of aromatic hydroxyl groups is 1. The molecule has 1 amide bonds. The molecule has 0 saturated carbocycles. The van der Waals surface area contributed by atoms with Gasteiger partial charge in [0.2, 0.25) is 0 Å². The number of thiophene rings is 1. The van der Waals surface area contributed by atoms with Crippen molar-refractivity contribution >= 4 is 22.2 Å². The molecule has 2 heterocycles. The second-order valence-electron chi connectivity index (χ2n) is 5.89. The van der Waals surface area contributed by atoms with Gasteiger partial charge in [0.05, 0.1) is 12.7 Å². The lowest BCUT2D eigenvalue weighted by Crippen LogP contribution is -2.38. The predicted molar refractivity (Wildman–Crippen MR) is 89.4 cm³/mol. The van der Waals surface area contributed by atoms with Gasteiger partial charge in [-0.2, -0.15) is 0 Å². The zero-order valence-electron chi connectivity index (χ0n) is 12.8. The predicted octanol–water partition coefficient (Wildman–Crippen LogP) is 3.20. The molecule has 3 N–H and O–H groups in total. The first-order chi connectivity index (χ1) is 11.2. The van der Waals surface area contributed by atoms with Crippen molar-refractivity contribution in [2.45, 2.75) is 31.8 Å². The number of ether oxygens (including phenoxy) is 1. The first-order valence-corrected chi connectivity index (χ1v) is 8.58. The zero-order chi connectivity index (χ0) is 16.0. The standard InChI is InChI=1S/C17H18N2O3S/c1-22-9-6-7-10(12(20)8-9)15-18-16(21)14-11-4-2-3-5-13(11)23-17(14)19-15/h6-8,15,19-20H,2-5H2,1H3,(H,18,21). The monoisotopic (exact) mass is 330 g/mol. The molecule has 5 nitrogen and oxygen atoms in total. The first-order valence-electron chi connectivity index (χ1n) is 7.76. The number of hydrogen-bond acceptors (Lipinski definition) is 5. The molecule has 1 unspecified atom stereocenters. The Hall–Kier alpha value is -2.21. The average Bonchev–Trinajstić information content (AvgIpc) is 2.93. The van der Waals surface area contributed by atoms with Gasteiger partial charge in [0.25, 0.3) is 5.91 Å². The Balaban J connectivity index is 1.70. The summed E-state index contributed by atoms with van der Waals surface area (Å²) >= 11 is 1.68. The van der Waals surface area contributed by atoms with Gasteiger partial charge in [-0.1, -0.05) is 0 Å². The molecule has 6 heteroatoms. The number of phenols is 1. The van der Waals surface area contributed by atoms with Crippen molar-refractivity contribution in [3.8, 4) is 11.5 Å². The summed E-state index contributed by atoms with van der Waals surface area (Å²) in [6.07, 6.45) is 3.94. The van der Waals surface area contributed by atoms with E-state index in [1.54, 1.807) is 36.6 Å². The van der Waals surface area contributed by atoms with Gasteiger partial charge >= 0.3 is 0 Å². The summed E-state index contributed by atoms with van der Waals surface area (Å²) in [5, 5.41) is 17.4. The zero-order valence-corrected chi connectivity index (χ0v) is 13.6. The lowest BCUT2D eigenvalue weighted by Gasteiger charge is -2.27. The summed E-state index contributed by atoms with van der Waals surface area (Å²) in [6, 6.07) is 5.10. The van der Waals surface area contributed by atoms with Crippen molar-refractivity contribution in [1.82, 2.24) is 5.32 Å². The molecule has 2 aromatic rings. The van der Waals surface area contributed by atoms with Gasteiger partial charge in [-0.15, -0.1) is 11.3 Å². The highest BCUT2D eigenvalue weighted by Gasteiger charge is 2.32. The van der Waals surface area contributed by atoms with Crippen LogP contribution in [0.25, 0.3) is 0 Å². The molecule has 0 spiro atoms. The van der Waals surface area contributed by atoms with Gasteiger partial charge < -0.3 is 20.5 Å². The number of benzene rings is 1. The minimum absolute atomic E-state index is 0.0571. The molecular formula is C17H18N2O3S. The van der Waals surface area contributed by atoms with E-state index in [1.807, 2.05) is 0 Å². The molecule has 4 rings (SSSR count). The van der Waals surface area contributed by atoms with E-state index in [2.05, 4.69) is 10.6 Å². The third-order valence-corrected chi connectivity index (χ3v) is 5.72. The van der Waals surface area contributed by atoms with Crippen LogP contribution in [0, 0.1) is 0 Å². The number of nitrogens with one attached hydrogen (secondary N) is 2. The second-order valence-corrected chi connectivity index (χ2v) is 7.00. The number of carbonyl (C=O) groups is 1. The highest BCUT2D eigenvalue weighted by Crippen LogP contribution is 2.42. The number of aryl methyl sites for hydroxylation is 1. The van der Waals surface area contributed by atoms with Crippen LogP contribution in [-0.2, 0) is 12.8 Å². The molecule has 1 aromatic heterocycles.